The molecule has 3 nitrogen and oxygen atoms in total. The van der Waals surface area contributed by atoms with Gasteiger partial charge in [-0.2, -0.15) is 0 Å². The lowest BCUT2D eigenvalue weighted by Crippen LogP contribution is -1.89. The molecule has 3 heterocycles. The highest BCUT2D eigenvalue weighted by Crippen LogP contribution is 2.39. The van der Waals surface area contributed by atoms with E-state index in [0.717, 1.165) is 55.2 Å². The van der Waals surface area contributed by atoms with Crippen LogP contribution in [0.2, 0.25) is 0 Å². The van der Waals surface area contributed by atoms with Gasteiger partial charge in [0.15, 0.2) is 0 Å². The first-order valence-corrected chi connectivity index (χ1v) is 9.59. The van der Waals surface area contributed by atoms with Gasteiger partial charge in [-0.25, -0.2) is 4.98 Å². The Hall–Kier alpha value is -3.98. The second-order valence-electron chi connectivity index (χ2n) is 7.10. The minimum absolute atomic E-state index is 0.835. The molecule has 3 heteroatoms. The molecule has 0 unspecified atom stereocenters. The van der Waals surface area contributed by atoms with Gasteiger partial charge in [0.25, 0.3) is 0 Å². The maximum Gasteiger partial charge on any atom is 0.135 e. The average molecular weight is 372 g/mol. The standard InChI is InChI=1S/C26H16N2O/c1-3-8-19-17(6-1)14-15-27-26(19)21-16-29-24-11-5-9-20(25(21)24)23-13-12-18-7-2-4-10-22(18)28-23/h1-16H. The molecule has 3 aromatic carbocycles. The highest BCUT2D eigenvalue weighted by Gasteiger charge is 2.17. The number of hydrogen-bond acceptors (Lipinski definition) is 3. The van der Waals surface area contributed by atoms with E-state index in [-0.39, 0.29) is 0 Å². The van der Waals surface area contributed by atoms with Crippen molar-refractivity contribution in [2.24, 2.45) is 0 Å². The predicted octanol–water partition coefficient (Wildman–Crippen LogP) is 6.86. The number of rotatable bonds is 2. The second kappa shape index (κ2) is 6.28. The lowest BCUT2D eigenvalue weighted by atomic mass is 9.98. The molecule has 0 bridgehead atoms. The Labute approximate surface area is 167 Å². The minimum Gasteiger partial charge on any atom is -0.464 e. The molecule has 0 spiro atoms. The maximum absolute atomic E-state index is 5.93. The number of pyridine rings is 2. The van der Waals surface area contributed by atoms with Gasteiger partial charge in [0, 0.05) is 33.5 Å². The minimum atomic E-state index is 0.835. The van der Waals surface area contributed by atoms with Gasteiger partial charge in [-0.15, -0.1) is 0 Å². The van der Waals surface area contributed by atoms with Crippen LogP contribution in [0.5, 0.6) is 0 Å². The summed E-state index contributed by atoms with van der Waals surface area (Å²) in [5.74, 6) is 0. The molecule has 0 saturated heterocycles. The van der Waals surface area contributed by atoms with E-state index in [1.54, 1.807) is 0 Å². The molecule has 136 valence electrons. The smallest absolute Gasteiger partial charge is 0.135 e. The molecule has 0 aliphatic heterocycles. The predicted molar refractivity (Wildman–Crippen MR) is 118 cm³/mol. The summed E-state index contributed by atoms with van der Waals surface area (Å²) in [5.41, 5.74) is 5.71. The Balaban J connectivity index is 1.65. The first-order valence-electron chi connectivity index (χ1n) is 9.59. The Morgan fingerprint density at radius 3 is 2.48 bits per heavy atom. The van der Waals surface area contributed by atoms with Gasteiger partial charge in [-0.05, 0) is 29.7 Å². The quantitative estimate of drug-likeness (QED) is 0.333. The van der Waals surface area contributed by atoms with Crippen LogP contribution in [0.4, 0.5) is 0 Å². The largest absolute Gasteiger partial charge is 0.464 e. The van der Waals surface area contributed by atoms with Crippen molar-refractivity contribution < 1.29 is 4.42 Å². The van der Waals surface area contributed by atoms with Crippen molar-refractivity contribution in [1.82, 2.24) is 9.97 Å². The highest BCUT2D eigenvalue weighted by atomic mass is 16.3. The van der Waals surface area contributed by atoms with Crippen LogP contribution in [0.15, 0.2) is 102 Å². The zero-order chi connectivity index (χ0) is 19.2. The molecule has 3 aromatic heterocycles. The highest BCUT2D eigenvalue weighted by molar-refractivity contribution is 6.08. The van der Waals surface area contributed by atoms with Gasteiger partial charge < -0.3 is 4.42 Å². The summed E-state index contributed by atoms with van der Waals surface area (Å²) in [7, 11) is 0. The van der Waals surface area contributed by atoms with Crippen molar-refractivity contribution in [2.45, 2.75) is 0 Å². The van der Waals surface area contributed by atoms with Gasteiger partial charge in [0.2, 0.25) is 0 Å². The van der Waals surface area contributed by atoms with Gasteiger partial charge in [-0.1, -0.05) is 60.7 Å². The van der Waals surface area contributed by atoms with E-state index in [1.807, 2.05) is 61.0 Å². The number of furan rings is 1. The molecule has 0 fully saturated rings. The zero-order valence-corrected chi connectivity index (χ0v) is 15.5. The summed E-state index contributed by atoms with van der Waals surface area (Å²) in [6, 6.07) is 28.8. The summed E-state index contributed by atoms with van der Waals surface area (Å²) in [5, 5.41) is 4.44. The molecule has 0 saturated carbocycles. The van der Waals surface area contributed by atoms with Crippen LogP contribution in [0.1, 0.15) is 0 Å². The van der Waals surface area contributed by atoms with Crippen LogP contribution >= 0.6 is 0 Å². The third kappa shape index (κ3) is 2.52. The first-order chi connectivity index (χ1) is 14.4. The molecule has 29 heavy (non-hydrogen) atoms. The van der Waals surface area contributed by atoms with E-state index in [9.17, 15) is 0 Å². The monoisotopic (exact) mass is 372 g/mol. The van der Waals surface area contributed by atoms with Crippen LogP contribution in [0.25, 0.3) is 55.2 Å². The molecule has 0 radical (unpaired) electrons. The second-order valence-corrected chi connectivity index (χ2v) is 7.10. The molecular weight excluding hydrogens is 356 g/mol. The Bertz CT molecular complexity index is 1510. The Kier molecular flexibility index (Phi) is 3.47. The van der Waals surface area contributed by atoms with Crippen LogP contribution < -0.4 is 0 Å². The fraction of sp³-hybridized carbons (Fsp3) is 0. The van der Waals surface area contributed by atoms with Crippen LogP contribution in [-0.2, 0) is 0 Å². The Morgan fingerprint density at radius 1 is 0.655 bits per heavy atom. The third-order valence-electron chi connectivity index (χ3n) is 5.40. The van der Waals surface area contributed by atoms with Crippen molar-refractivity contribution in [3.63, 3.8) is 0 Å². The molecule has 0 amide bonds. The summed E-state index contributed by atoms with van der Waals surface area (Å²) < 4.78 is 5.93. The number of aromatic nitrogens is 2. The molecule has 0 aliphatic carbocycles. The normalized spacial score (nSPS) is 11.4. The SMILES string of the molecule is c1ccc2nc(-c3cccc4occ(-c5nccc6ccccc56)c34)ccc2c1. The summed E-state index contributed by atoms with van der Waals surface area (Å²) in [4.78, 5) is 9.61. The topological polar surface area (TPSA) is 38.9 Å². The first kappa shape index (κ1) is 16.0. The molecule has 0 N–H and O–H groups in total. The van der Waals surface area contributed by atoms with Gasteiger partial charge in [-0.3, -0.25) is 4.98 Å². The van der Waals surface area contributed by atoms with Crippen molar-refractivity contribution in [3.8, 4) is 22.5 Å². The fourth-order valence-electron chi connectivity index (χ4n) is 4.03. The van der Waals surface area contributed by atoms with E-state index >= 15 is 0 Å². The molecule has 0 aliphatic rings. The number of para-hydroxylation sites is 1. The molecule has 6 aromatic rings. The van der Waals surface area contributed by atoms with Gasteiger partial charge >= 0.3 is 0 Å². The van der Waals surface area contributed by atoms with E-state index in [0.29, 0.717) is 0 Å². The summed E-state index contributed by atoms with van der Waals surface area (Å²) >= 11 is 0. The van der Waals surface area contributed by atoms with Crippen LogP contribution in [-0.4, -0.2) is 9.97 Å². The summed E-state index contributed by atoms with van der Waals surface area (Å²) in [6.45, 7) is 0. The number of hydrogen-bond donors (Lipinski definition) is 0. The van der Waals surface area contributed by atoms with Gasteiger partial charge in [0.05, 0.1) is 16.9 Å². The van der Waals surface area contributed by atoms with Crippen LogP contribution in [0.3, 0.4) is 0 Å². The van der Waals surface area contributed by atoms with E-state index in [4.69, 9.17) is 14.4 Å². The number of benzene rings is 3. The average Bonchev–Trinajstić information content (AvgIpc) is 3.22. The molecular formula is C26H16N2O. The molecule has 6 rings (SSSR count). The number of fused-ring (bicyclic) bond motifs is 3. The Morgan fingerprint density at radius 2 is 1.52 bits per heavy atom. The molecule has 0 atom stereocenters. The maximum atomic E-state index is 5.93. The lowest BCUT2D eigenvalue weighted by molar-refractivity contribution is 0.617. The lowest BCUT2D eigenvalue weighted by Gasteiger charge is -2.08. The van der Waals surface area contributed by atoms with Gasteiger partial charge in [0.1, 0.15) is 11.8 Å². The van der Waals surface area contributed by atoms with Crippen molar-refractivity contribution in [2.75, 3.05) is 0 Å². The van der Waals surface area contributed by atoms with E-state index in [2.05, 4.69) is 36.4 Å². The third-order valence-corrected chi connectivity index (χ3v) is 5.40. The van der Waals surface area contributed by atoms with E-state index < -0.39 is 0 Å². The van der Waals surface area contributed by atoms with E-state index in [1.165, 1.54) is 0 Å². The fourth-order valence-corrected chi connectivity index (χ4v) is 4.03. The summed E-state index contributed by atoms with van der Waals surface area (Å²) in [6.07, 6.45) is 3.66. The van der Waals surface area contributed by atoms with Crippen molar-refractivity contribution >= 4 is 32.6 Å². The zero-order valence-electron chi connectivity index (χ0n) is 15.5. The van der Waals surface area contributed by atoms with Crippen molar-refractivity contribution in [1.29, 1.82) is 0 Å². The number of nitrogens with zero attached hydrogens (tertiary/aromatic N) is 2. The van der Waals surface area contributed by atoms with Crippen LogP contribution in [0, 0.1) is 0 Å². The van der Waals surface area contributed by atoms with Crippen molar-refractivity contribution in [3.05, 3.63) is 97.4 Å².